The van der Waals surface area contributed by atoms with Gasteiger partial charge in [0.15, 0.2) is 5.13 Å². The zero-order valence-electron chi connectivity index (χ0n) is 13.6. The highest BCUT2D eigenvalue weighted by atomic mass is 32.1. The van der Waals surface area contributed by atoms with Gasteiger partial charge in [-0.25, -0.2) is 4.98 Å². The van der Waals surface area contributed by atoms with E-state index in [-0.39, 0.29) is 0 Å². The number of carbonyl (C=O) groups is 1. The molecule has 1 aromatic rings. The van der Waals surface area contributed by atoms with Crippen molar-refractivity contribution in [3.63, 3.8) is 0 Å². The van der Waals surface area contributed by atoms with E-state index < -0.39 is 0 Å². The molecule has 1 aromatic heterocycles. The van der Waals surface area contributed by atoms with Crippen LogP contribution in [0.5, 0.6) is 0 Å². The van der Waals surface area contributed by atoms with Crippen molar-refractivity contribution in [2.75, 3.05) is 44.2 Å². The molecule has 0 spiro atoms. The highest BCUT2D eigenvalue weighted by molar-refractivity contribution is 7.13. The molecule has 2 aliphatic rings. The Morgan fingerprint density at radius 3 is 2.64 bits per heavy atom. The van der Waals surface area contributed by atoms with Crippen LogP contribution in [0, 0.1) is 5.92 Å². The van der Waals surface area contributed by atoms with Crippen molar-refractivity contribution in [3.05, 3.63) is 11.6 Å². The Bertz CT molecular complexity index is 478. The Labute approximate surface area is 136 Å². The fourth-order valence-electron chi connectivity index (χ4n) is 2.99. The molecule has 0 N–H and O–H groups in total. The molecule has 3 rings (SSSR count). The zero-order chi connectivity index (χ0) is 15.5. The number of amides is 1. The minimum Gasteiger partial charge on any atom is -0.346 e. The lowest BCUT2D eigenvalue weighted by Gasteiger charge is -2.35. The van der Waals surface area contributed by atoms with E-state index in [4.69, 9.17) is 0 Å². The van der Waals surface area contributed by atoms with E-state index in [0.29, 0.717) is 24.4 Å². The smallest absolute Gasteiger partial charge is 0.237 e. The first-order valence-electron chi connectivity index (χ1n) is 8.29. The van der Waals surface area contributed by atoms with E-state index in [0.717, 1.165) is 37.9 Å². The molecule has 5 nitrogen and oxygen atoms in total. The summed E-state index contributed by atoms with van der Waals surface area (Å²) in [7, 11) is 0. The molecule has 0 bridgehead atoms. The number of hydrogen-bond acceptors (Lipinski definition) is 5. The quantitative estimate of drug-likeness (QED) is 0.802. The number of aromatic nitrogens is 1. The van der Waals surface area contributed by atoms with Gasteiger partial charge in [-0.2, -0.15) is 0 Å². The molecule has 1 saturated heterocycles. The third-order valence-electron chi connectivity index (χ3n) is 4.29. The molecule has 2 fully saturated rings. The van der Waals surface area contributed by atoms with Crippen molar-refractivity contribution in [3.8, 4) is 0 Å². The molecule has 6 heteroatoms. The van der Waals surface area contributed by atoms with Crippen molar-refractivity contribution in [1.82, 2.24) is 14.8 Å². The number of carbonyl (C=O) groups excluding carboxylic acids is 1. The second kappa shape index (κ2) is 6.96. The van der Waals surface area contributed by atoms with Crippen molar-refractivity contribution >= 4 is 22.4 Å². The lowest BCUT2D eigenvalue weighted by Crippen LogP contribution is -2.50. The van der Waals surface area contributed by atoms with E-state index in [9.17, 15) is 4.79 Å². The number of nitrogens with zero attached hydrogens (tertiary/aromatic N) is 4. The van der Waals surface area contributed by atoms with Crippen molar-refractivity contribution in [2.45, 2.75) is 32.7 Å². The van der Waals surface area contributed by atoms with Gasteiger partial charge in [-0.05, 0) is 18.8 Å². The maximum Gasteiger partial charge on any atom is 0.237 e. The molecular formula is C16H26N4OS. The normalized spacial score (nSPS) is 19.7. The van der Waals surface area contributed by atoms with Crippen LogP contribution in [0.3, 0.4) is 0 Å². The molecule has 1 aliphatic heterocycles. The molecule has 2 heterocycles. The largest absolute Gasteiger partial charge is 0.346 e. The SMILES string of the molecule is CC(C)CN(C(=O)CN1CCN(c2nccs2)CC1)C1CC1. The van der Waals surface area contributed by atoms with Crippen molar-refractivity contribution in [1.29, 1.82) is 0 Å². The Kier molecular flexibility index (Phi) is 4.98. The van der Waals surface area contributed by atoms with Crippen molar-refractivity contribution < 1.29 is 4.79 Å². The topological polar surface area (TPSA) is 39.7 Å². The minimum absolute atomic E-state index is 0.318. The summed E-state index contributed by atoms with van der Waals surface area (Å²) in [5, 5.41) is 3.12. The highest BCUT2D eigenvalue weighted by Crippen LogP contribution is 2.28. The Morgan fingerprint density at radius 1 is 1.36 bits per heavy atom. The van der Waals surface area contributed by atoms with Crippen LogP contribution in [0.4, 0.5) is 5.13 Å². The summed E-state index contributed by atoms with van der Waals surface area (Å²) in [6.45, 7) is 9.70. The highest BCUT2D eigenvalue weighted by Gasteiger charge is 2.33. The molecule has 0 aromatic carbocycles. The van der Waals surface area contributed by atoms with Crippen LogP contribution in [0.25, 0.3) is 0 Å². The van der Waals surface area contributed by atoms with Gasteiger partial charge in [0, 0.05) is 50.3 Å². The fourth-order valence-corrected chi connectivity index (χ4v) is 3.68. The van der Waals surface area contributed by atoms with Gasteiger partial charge in [0.05, 0.1) is 6.54 Å². The van der Waals surface area contributed by atoms with Crippen LogP contribution in [0.2, 0.25) is 0 Å². The Morgan fingerprint density at radius 2 is 2.09 bits per heavy atom. The summed E-state index contributed by atoms with van der Waals surface area (Å²) in [6, 6.07) is 0.520. The van der Waals surface area contributed by atoms with Gasteiger partial charge < -0.3 is 9.80 Å². The summed E-state index contributed by atoms with van der Waals surface area (Å²) >= 11 is 1.69. The first-order valence-corrected chi connectivity index (χ1v) is 9.17. The van der Waals surface area contributed by atoms with Gasteiger partial charge in [0.25, 0.3) is 0 Å². The number of rotatable bonds is 6. The van der Waals surface area contributed by atoms with E-state index in [1.54, 1.807) is 11.3 Å². The van der Waals surface area contributed by atoms with Gasteiger partial charge in [-0.15, -0.1) is 11.3 Å². The molecule has 0 atom stereocenters. The third-order valence-corrected chi connectivity index (χ3v) is 5.12. The lowest BCUT2D eigenvalue weighted by molar-refractivity contribution is -0.133. The summed E-state index contributed by atoms with van der Waals surface area (Å²) in [6.07, 6.45) is 4.24. The van der Waals surface area contributed by atoms with Gasteiger partial charge in [-0.1, -0.05) is 13.8 Å². The molecule has 1 saturated carbocycles. The molecular weight excluding hydrogens is 296 g/mol. The molecule has 22 heavy (non-hydrogen) atoms. The molecule has 1 amide bonds. The predicted octanol–water partition coefficient (Wildman–Crippen LogP) is 1.91. The number of anilines is 1. The Hall–Kier alpha value is -1.14. The monoisotopic (exact) mass is 322 g/mol. The lowest BCUT2D eigenvalue weighted by atomic mass is 10.2. The van der Waals surface area contributed by atoms with Crippen LogP contribution < -0.4 is 4.90 Å². The molecule has 0 unspecified atom stereocenters. The first kappa shape index (κ1) is 15.7. The molecule has 0 radical (unpaired) electrons. The minimum atomic E-state index is 0.318. The van der Waals surface area contributed by atoms with Gasteiger partial charge in [0.1, 0.15) is 0 Å². The predicted molar refractivity (Wildman–Crippen MR) is 90.3 cm³/mol. The fraction of sp³-hybridized carbons (Fsp3) is 0.750. The van der Waals surface area contributed by atoms with Crippen molar-refractivity contribution in [2.24, 2.45) is 5.92 Å². The van der Waals surface area contributed by atoms with E-state index in [1.807, 2.05) is 11.6 Å². The standard InChI is InChI=1S/C16H26N4OS/c1-13(2)11-20(14-3-4-14)15(21)12-18-6-8-19(9-7-18)16-17-5-10-22-16/h5,10,13-14H,3-4,6-9,11-12H2,1-2H3. The van der Waals surface area contributed by atoms with Crippen LogP contribution in [-0.2, 0) is 4.79 Å². The van der Waals surface area contributed by atoms with E-state index in [1.165, 1.54) is 12.8 Å². The molecule has 122 valence electrons. The third kappa shape index (κ3) is 3.98. The van der Waals surface area contributed by atoms with Crippen LogP contribution in [0.15, 0.2) is 11.6 Å². The van der Waals surface area contributed by atoms with E-state index >= 15 is 0 Å². The van der Waals surface area contributed by atoms with Gasteiger partial charge in [-0.3, -0.25) is 9.69 Å². The average molecular weight is 322 g/mol. The summed E-state index contributed by atoms with van der Waals surface area (Å²) in [5.41, 5.74) is 0. The average Bonchev–Trinajstić information content (AvgIpc) is 3.19. The van der Waals surface area contributed by atoms with Crippen LogP contribution in [-0.4, -0.2) is 66.0 Å². The summed E-state index contributed by atoms with van der Waals surface area (Å²) < 4.78 is 0. The van der Waals surface area contributed by atoms with E-state index in [2.05, 4.69) is 33.5 Å². The van der Waals surface area contributed by atoms with Crippen LogP contribution in [0.1, 0.15) is 26.7 Å². The first-order chi connectivity index (χ1) is 10.6. The van der Waals surface area contributed by atoms with Crippen LogP contribution >= 0.6 is 11.3 Å². The second-order valence-electron chi connectivity index (χ2n) is 6.75. The maximum absolute atomic E-state index is 12.6. The summed E-state index contributed by atoms with van der Waals surface area (Å²) in [5.74, 6) is 0.866. The maximum atomic E-state index is 12.6. The number of hydrogen-bond donors (Lipinski definition) is 0. The van der Waals surface area contributed by atoms with Gasteiger partial charge >= 0.3 is 0 Å². The second-order valence-corrected chi connectivity index (χ2v) is 7.62. The number of piperazine rings is 1. The van der Waals surface area contributed by atoms with Gasteiger partial charge in [0.2, 0.25) is 5.91 Å². The Balaban J connectivity index is 1.48. The summed E-state index contributed by atoms with van der Waals surface area (Å²) in [4.78, 5) is 23.7. The zero-order valence-corrected chi connectivity index (χ0v) is 14.4. The number of thiazole rings is 1. The molecule has 1 aliphatic carbocycles.